The fourth-order valence-corrected chi connectivity index (χ4v) is 4.68. The Bertz CT molecular complexity index is 1070. The van der Waals surface area contributed by atoms with Gasteiger partial charge in [-0.3, -0.25) is 13.9 Å². The molecule has 0 aromatic heterocycles. The smallest absolute Gasteiger partial charge is 0.244 e. The van der Waals surface area contributed by atoms with Crippen LogP contribution in [-0.2, 0) is 26.2 Å². The number of nitrogens with zero attached hydrogens (tertiary/aromatic N) is 2. The zero-order valence-electron chi connectivity index (χ0n) is 21.0. The number of rotatable bonds is 11. The van der Waals surface area contributed by atoms with Crippen molar-refractivity contribution in [3.05, 3.63) is 65.2 Å². The molecule has 2 aromatic rings. The summed E-state index contributed by atoms with van der Waals surface area (Å²) in [7, 11) is -3.74. The molecule has 1 N–H and O–H groups in total. The highest BCUT2D eigenvalue weighted by Gasteiger charge is 2.32. The first kappa shape index (κ1) is 27.4. The number of amides is 2. The molecular formula is C26H37N3O4S. The summed E-state index contributed by atoms with van der Waals surface area (Å²) in [5, 5.41) is 2.97. The van der Waals surface area contributed by atoms with Crippen LogP contribution in [0.4, 0.5) is 5.69 Å². The Kier molecular flexibility index (Phi) is 9.67. The number of aryl methyl sites for hydroxylation is 2. The van der Waals surface area contributed by atoms with Gasteiger partial charge in [0, 0.05) is 12.6 Å². The molecule has 7 nitrogen and oxygen atoms in total. The number of hydrogen-bond donors (Lipinski definition) is 1. The van der Waals surface area contributed by atoms with Gasteiger partial charge in [0.25, 0.3) is 0 Å². The van der Waals surface area contributed by atoms with E-state index in [4.69, 9.17) is 0 Å². The van der Waals surface area contributed by atoms with Crippen molar-refractivity contribution in [1.29, 1.82) is 0 Å². The second-order valence-electron chi connectivity index (χ2n) is 8.86. The van der Waals surface area contributed by atoms with Gasteiger partial charge in [-0.15, -0.1) is 0 Å². The average Bonchev–Trinajstić information content (AvgIpc) is 2.76. The van der Waals surface area contributed by atoms with Gasteiger partial charge in [-0.2, -0.15) is 0 Å². The summed E-state index contributed by atoms with van der Waals surface area (Å²) in [6, 6.07) is 14.1. The number of anilines is 1. The van der Waals surface area contributed by atoms with Crippen molar-refractivity contribution in [3.8, 4) is 0 Å². The van der Waals surface area contributed by atoms with Crippen LogP contribution in [0.15, 0.2) is 48.5 Å². The molecule has 2 atom stereocenters. The van der Waals surface area contributed by atoms with Crippen LogP contribution < -0.4 is 9.62 Å². The molecule has 2 unspecified atom stereocenters. The van der Waals surface area contributed by atoms with E-state index in [1.165, 1.54) is 4.90 Å². The third-order valence-electron chi connectivity index (χ3n) is 5.76. The lowest BCUT2D eigenvalue weighted by Gasteiger charge is -2.33. The summed E-state index contributed by atoms with van der Waals surface area (Å²) in [5.74, 6) is -0.668. The van der Waals surface area contributed by atoms with Crippen molar-refractivity contribution in [3.63, 3.8) is 0 Å². The van der Waals surface area contributed by atoms with Gasteiger partial charge in [0.2, 0.25) is 21.8 Å². The Morgan fingerprint density at radius 3 is 2.06 bits per heavy atom. The van der Waals surface area contributed by atoms with Gasteiger partial charge >= 0.3 is 0 Å². The molecule has 2 rings (SSSR count). The van der Waals surface area contributed by atoms with Gasteiger partial charge in [0.05, 0.1) is 11.9 Å². The third-order valence-corrected chi connectivity index (χ3v) is 6.90. The quantitative estimate of drug-likeness (QED) is 0.522. The number of carbonyl (C=O) groups is 2. The molecule has 0 radical (unpaired) electrons. The molecule has 0 bridgehead atoms. The molecule has 0 saturated heterocycles. The highest BCUT2D eigenvalue weighted by molar-refractivity contribution is 7.92. The van der Waals surface area contributed by atoms with E-state index >= 15 is 0 Å². The zero-order chi connectivity index (χ0) is 25.5. The monoisotopic (exact) mass is 487 g/mol. The summed E-state index contributed by atoms with van der Waals surface area (Å²) >= 11 is 0. The molecule has 8 heteroatoms. The van der Waals surface area contributed by atoms with E-state index in [1.807, 2.05) is 71.0 Å². The van der Waals surface area contributed by atoms with E-state index in [2.05, 4.69) is 5.32 Å². The van der Waals surface area contributed by atoms with Crippen LogP contribution in [-0.4, -0.2) is 50.0 Å². The van der Waals surface area contributed by atoms with Gasteiger partial charge in [-0.25, -0.2) is 8.42 Å². The van der Waals surface area contributed by atoms with E-state index in [9.17, 15) is 18.0 Å². The van der Waals surface area contributed by atoms with Crippen LogP contribution >= 0.6 is 0 Å². The lowest BCUT2D eigenvalue weighted by atomic mass is 10.1. The van der Waals surface area contributed by atoms with Gasteiger partial charge in [0.15, 0.2) is 0 Å². The molecule has 0 fully saturated rings. The van der Waals surface area contributed by atoms with Crippen LogP contribution in [0.5, 0.6) is 0 Å². The first-order chi connectivity index (χ1) is 16.0. The van der Waals surface area contributed by atoms with E-state index in [0.29, 0.717) is 12.1 Å². The molecule has 186 valence electrons. The second kappa shape index (κ2) is 12.0. The first-order valence-electron chi connectivity index (χ1n) is 11.7. The molecule has 0 spiro atoms. The van der Waals surface area contributed by atoms with E-state index in [-0.39, 0.29) is 25.0 Å². The average molecular weight is 488 g/mol. The fourth-order valence-electron chi connectivity index (χ4n) is 3.85. The summed E-state index contributed by atoms with van der Waals surface area (Å²) in [4.78, 5) is 28.2. The van der Waals surface area contributed by atoms with Crippen molar-refractivity contribution in [2.75, 3.05) is 17.1 Å². The van der Waals surface area contributed by atoms with Gasteiger partial charge in [-0.05, 0) is 62.4 Å². The second-order valence-corrected chi connectivity index (χ2v) is 10.8. The maximum atomic E-state index is 13.6. The van der Waals surface area contributed by atoms with Crippen molar-refractivity contribution >= 4 is 27.5 Å². The maximum Gasteiger partial charge on any atom is 0.244 e. The molecule has 0 aliphatic rings. The summed E-state index contributed by atoms with van der Waals surface area (Å²) in [6.07, 6.45) is 2.26. The van der Waals surface area contributed by atoms with E-state index < -0.39 is 22.0 Å². The fraction of sp³-hybridized carbons (Fsp3) is 0.462. The highest BCUT2D eigenvalue weighted by atomic mass is 32.2. The first-order valence-corrected chi connectivity index (χ1v) is 13.5. The Morgan fingerprint density at radius 1 is 0.971 bits per heavy atom. The van der Waals surface area contributed by atoms with Crippen molar-refractivity contribution in [1.82, 2.24) is 10.2 Å². The summed E-state index contributed by atoms with van der Waals surface area (Å²) in [5.41, 5.74) is 3.10. The van der Waals surface area contributed by atoms with Crippen molar-refractivity contribution < 1.29 is 18.0 Å². The van der Waals surface area contributed by atoms with Gasteiger partial charge < -0.3 is 10.2 Å². The number of hydrogen-bond acceptors (Lipinski definition) is 4. The Morgan fingerprint density at radius 2 is 1.56 bits per heavy atom. The normalized spacial score (nSPS) is 13.1. The van der Waals surface area contributed by atoms with Crippen molar-refractivity contribution in [2.24, 2.45) is 0 Å². The summed E-state index contributed by atoms with van der Waals surface area (Å²) in [6.45, 7) is 9.33. The molecule has 0 aliphatic carbocycles. The molecular weight excluding hydrogens is 450 g/mol. The zero-order valence-corrected chi connectivity index (χ0v) is 21.9. The van der Waals surface area contributed by atoms with Crippen LogP contribution in [0.3, 0.4) is 0 Å². The lowest BCUT2D eigenvalue weighted by Crippen LogP contribution is -2.53. The highest BCUT2D eigenvalue weighted by Crippen LogP contribution is 2.22. The predicted octanol–water partition coefficient (Wildman–Crippen LogP) is 3.79. The third kappa shape index (κ3) is 7.58. The number of nitrogens with one attached hydrogen (secondary N) is 1. The van der Waals surface area contributed by atoms with Crippen LogP contribution in [0.2, 0.25) is 0 Å². The van der Waals surface area contributed by atoms with E-state index in [0.717, 1.165) is 33.7 Å². The maximum absolute atomic E-state index is 13.6. The van der Waals surface area contributed by atoms with E-state index in [1.54, 1.807) is 12.1 Å². The van der Waals surface area contributed by atoms with Crippen LogP contribution in [0, 0.1) is 13.8 Å². The van der Waals surface area contributed by atoms with Crippen LogP contribution in [0.1, 0.15) is 50.3 Å². The standard InChI is InChI=1S/C26H37N3O4S/c1-7-21(5)27-26(31)24(8-2)28(17-22-12-10-9-11-13-22)25(30)18-29(34(6,32)33)23-15-19(3)14-20(4)16-23/h9-16,21,24H,7-8,17-18H2,1-6H3,(H,27,31). The number of benzene rings is 2. The predicted molar refractivity (Wildman–Crippen MR) is 137 cm³/mol. The van der Waals surface area contributed by atoms with Gasteiger partial charge in [0.1, 0.15) is 12.6 Å². The molecule has 2 amide bonds. The minimum absolute atomic E-state index is 0.0296. The topological polar surface area (TPSA) is 86.8 Å². The minimum atomic E-state index is -3.74. The lowest BCUT2D eigenvalue weighted by molar-refractivity contribution is -0.140. The molecule has 0 heterocycles. The SMILES string of the molecule is CCC(C)NC(=O)C(CC)N(Cc1ccccc1)C(=O)CN(c1cc(C)cc(C)c1)S(C)(=O)=O. The minimum Gasteiger partial charge on any atom is -0.352 e. The molecule has 34 heavy (non-hydrogen) atoms. The largest absolute Gasteiger partial charge is 0.352 e. The molecule has 0 saturated carbocycles. The van der Waals surface area contributed by atoms with Crippen LogP contribution in [0.25, 0.3) is 0 Å². The number of carbonyl (C=O) groups excluding carboxylic acids is 2. The Labute approximate surface area is 204 Å². The molecule has 2 aromatic carbocycles. The summed E-state index contributed by atoms with van der Waals surface area (Å²) < 4.78 is 26.5. The van der Waals surface area contributed by atoms with Gasteiger partial charge in [-0.1, -0.05) is 50.2 Å². The Balaban J connectivity index is 2.44. The number of sulfonamides is 1. The Hall–Kier alpha value is -2.87. The molecule has 0 aliphatic heterocycles. The van der Waals surface area contributed by atoms with Crippen molar-refractivity contribution in [2.45, 2.75) is 66.1 Å².